The summed E-state index contributed by atoms with van der Waals surface area (Å²) in [5, 5.41) is 10.4. The van der Waals surface area contributed by atoms with E-state index in [1.807, 2.05) is 18.2 Å². The van der Waals surface area contributed by atoms with E-state index in [9.17, 15) is 4.79 Å². The fourth-order valence-electron chi connectivity index (χ4n) is 2.07. The normalized spacial score (nSPS) is 10.7. The summed E-state index contributed by atoms with van der Waals surface area (Å²) < 4.78 is 0. The minimum Gasteiger partial charge on any atom is -0.384 e. The number of hydrogen-bond acceptors (Lipinski definition) is 6. The highest BCUT2D eigenvalue weighted by Crippen LogP contribution is 2.26. The summed E-state index contributed by atoms with van der Waals surface area (Å²) in [6.07, 6.45) is 0. The van der Waals surface area contributed by atoms with Gasteiger partial charge in [0.2, 0.25) is 11.9 Å². The van der Waals surface area contributed by atoms with Crippen LogP contribution in [0.5, 0.6) is 0 Å². The Kier molecular flexibility index (Phi) is 2.90. The molecule has 2 heterocycles. The number of H-pyrrole nitrogens is 1. The monoisotopic (exact) mass is 283 g/mol. The van der Waals surface area contributed by atoms with Gasteiger partial charge in [-0.05, 0) is 12.1 Å². The average molecular weight is 283 g/mol. The molecule has 3 aromatic rings. The van der Waals surface area contributed by atoms with Crippen LogP contribution in [0.25, 0.3) is 22.2 Å². The molecule has 8 heteroatoms. The molecule has 0 spiro atoms. The number of nitrogens with two attached hydrogens (primary N) is 2. The summed E-state index contributed by atoms with van der Waals surface area (Å²) in [6, 6.07) is 7.19. The Morgan fingerprint density at radius 2 is 2.05 bits per heavy atom. The molecule has 0 fully saturated rings. The molecule has 106 valence electrons. The van der Waals surface area contributed by atoms with Crippen molar-refractivity contribution in [3.05, 3.63) is 24.3 Å². The maximum Gasteiger partial charge on any atom is 0.222 e. The van der Waals surface area contributed by atoms with Gasteiger partial charge in [0.1, 0.15) is 5.82 Å². The minimum absolute atomic E-state index is 0.119. The maximum atomic E-state index is 11.1. The van der Waals surface area contributed by atoms with E-state index in [1.54, 1.807) is 6.07 Å². The van der Waals surface area contributed by atoms with Gasteiger partial charge in [0, 0.05) is 23.9 Å². The van der Waals surface area contributed by atoms with Crippen LogP contribution < -0.4 is 16.8 Å². The molecule has 8 nitrogen and oxygen atoms in total. The van der Waals surface area contributed by atoms with Crippen molar-refractivity contribution < 1.29 is 4.79 Å². The number of carbonyl (C=O) groups excluding carboxylic acids is 1. The van der Waals surface area contributed by atoms with Gasteiger partial charge in [0.15, 0.2) is 5.82 Å². The molecule has 0 bridgehead atoms. The number of nitrogen functional groups attached to an aromatic ring is 2. The van der Waals surface area contributed by atoms with Crippen LogP contribution >= 0.6 is 0 Å². The van der Waals surface area contributed by atoms with Gasteiger partial charge in [-0.15, -0.1) is 0 Å². The van der Waals surface area contributed by atoms with E-state index in [-0.39, 0.29) is 11.9 Å². The zero-order chi connectivity index (χ0) is 15.0. The quantitative estimate of drug-likeness (QED) is 0.557. The van der Waals surface area contributed by atoms with Crippen LogP contribution in [0.15, 0.2) is 24.3 Å². The van der Waals surface area contributed by atoms with Crippen molar-refractivity contribution in [1.29, 1.82) is 0 Å². The lowest BCUT2D eigenvalue weighted by Crippen LogP contribution is -2.06. The number of benzene rings is 1. The van der Waals surface area contributed by atoms with Crippen LogP contribution in [0.1, 0.15) is 6.92 Å². The van der Waals surface area contributed by atoms with Gasteiger partial charge in [0.05, 0.1) is 11.2 Å². The molecule has 3 rings (SSSR count). The number of aromatic amines is 1. The van der Waals surface area contributed by atoms with E-state index >= 15 is 0 Å². The average Bonchev–Trinajstić information content (AvgIpc) is 2.79. The third-order valence-electron chi connectivity index (χ3n) is 2.92. The van der Waals surface area contributed by atoms with Crippen LogP contribution in [0.2, 0.25) is 0 Å². The number of nitrogens with zero attached hydrogens (tertiary/aromatic N) is 3. The summed E-state index contributed by atoms with van der Waals surface area (Å²) in [5.74, 6) is 0.740. The van der Waals surface area contributed by atoms with Gasteiger partial charge in [-0.2, -0.15) is 10.1 Å². The van der Waals surface area contributed by atoms with Crippen molar-refractivity contribution in [3.63, 3.8) is 0 Å². The molecule has 0 atom stereocenters. The van der Waals surface area contributed by atoms with E-state index in [0.717, 1.165) is 16.5 Å². The SMILES string of the molecule is CC(=O)Nc1n[nH]c2cc(-c3cc(N)nc(N)n3)ccc12. The van der Waals surface area contributed by atoms with E-state index in [1.165, 1.54) is 6.92 Å². The van der Waals surface area contributed by atoms with Crippen molar-refractivity contribution in [2.45, 2.75) is 6.92 Å². The number of carbonyl (C=O) groups is 1. The lowest BCUT2D eigenvalue weighted by atomic mass is 10.1. The molecular weight excluding hydrogens is 270 g/mol. The van der Waals surface area contributed by atoms with Crippen molar-refractivity contribution in [2.75, 3.05) is 16.8 Å². The number of hydrogen-bond donors (Lipinski definition) is 4. The highest BCUT2D eigenvalue weighted by Gasteiger charge is 2.09. The standard InChI is InChI=1S/C13H13N7O/c1-6(21)16-12-8-3-2-7(4-10(8)19-20-12)9-5-11(14)18-13(15)17-9/h2-5H,1H3,(H4,14,15,17,18)(H2,16,19,20,21). The van der Waals surface area contributed by atoms with Gasteiger partial charge in [-0.25, -0.2) is 4.98 Å². The predicted octanol–water partition coefficient (Wildman–Crippen LogP) is 1.14. The van der Waals surface area contributed by atoms with Gasteiger partial charge >= 0.3 is 0 Å². The van der Waals surface area contributed by atoms with E-state index in [0.29, 0.717) is 17.3 Å². The fraction of sp³-hybridized carbons (Fsp3) is 0.0769. The van der Waals surface area contributed by atoms with Crippen LogP contribution in [0.4, 0.5) is 17.6 Å². The van der Waals surface area contributed by atoms with Crippen LogP contribution in [-0.2, 0) is 4.79 Å². The van der Waals surface area contributed by atoms with Crippen molar-refractivity contribution in [3.8, 4) is 11.3 Å². The summed E-state index contributed by atoms with van der Waals surface area (Å²) in [4.78, 5) is 19.1. The summed E-state index contributed by atoms with van der Waals surface area (Å²) in [6.45, 7) is 1.43. The largest absolute Gasteiger partial charge is 0.384 e. The molecular formula is C13H13N7O. The molecule has 0 aliphatic carbocycles. The molecule has 1 amide bonds. The Bertz CT molecular complexity index is 819. The van der Waals surface area contributed by atoms with Crippen LogP contribution in [-0.4, -0.2) is 26.1 Å². The Morgan fingerprint density at radius 3 is 2.76 bits per heavy atom. The number of amides is 1. The number of anilines is 3. The second-order valence-corrected chi connectivity index (χ2v) is 4.55. The molecule has 2 aromatic heterocycles. The Hall–Kier alpha value is -3.16. The highest BCUT2D eigenvalue weighted by molar-refractivity contribution is 5.99. The lowest BCUT2D eigenvalue weighted by Gasteiger charge is -2.04. The summed E-state index contributed by atoms with van der Waals surface area (Å²) in [5.41, 5.74) is 13.5. The molecule has 0 aliphatic rings. The number of nitrogens with one attached hydrogen (secondary N) is 2. The van der Waals surface area contributed by atoms with Gasteiger partial charge in [-0.3, -0.25) is 9.89 Å². The molecule has 0 radical (unpaired) electrons. The molecule has 0 aliphatic heterocycles. The lowest BCUT2D eigenvalue weighted by molar-refractivity contribution is -0.114. The van der Waals surface area contributed by atoms with Crippen LogP contribution in [0, 0.1) is 0 Å². The van der Waals surface area contributed by atoms with Gasteiger partial charge in [0.25, 0.3) is 0 Å². The van der Waals surface area contributed by atoms with Crippen molar-refractivity contribution in [1.82, 2.24) is 20.2 Å². The maximum absolute atomic E-state index is 11.1. The van der Waals surface area contributed by atoms with Gasteiger partial charge in [-0.1, -0.05) is 6.07 Å². The Morgan fingerprint density at radius 1 is 1.24 bits per heavy atom. The zero-order valence-electron chi connectivity index (χ0n) is 11.2. The molecule has 21 heavy (non-hydrogen) atoms. The zero-order valence-corrected chi connectivity index (χ0v) is 11.2. The molecule has 0 saturated carbocycles. The second kappa shape index (κ2) is 4.75. The fourth-order valence-corrected chi connectivity index (χ4v) is 2.07. The third-order valence-corrected chi connectivity index (χ3v) is 2.92. The smallest absolute Gasteiger partial charge is 0.222 e. The third kappa shape index (κ3) is 2.46. The Labute approximate surface area is 119 Å². The van der Waals surface area contributed by atoms with E-state index in [2.05, 4.69) is 25.5 Å². The number of rotatable bonds is 2. The minimum atomic E-state index is -0.177. The Balaban J connectivity index is 2.07. The van der Waals surface area contributed by atoms with E-state index < -0.39 is 0 Å². The first-order valence-electron chi connectivity index (χ1n) is 6.19. The molecule has 0 saturated heterocycles. The number of aromatic nitrogens is 4. The van der Waals surface area contributed by atoms with Crippen molar-refractivity contribution in [2.24, 2.45) is 0 Å². The highest BCUT2D eigenvalue weighted by atomic mass is 16.1. The first-order chi connectivity index (χ1) is 10.0. The van der Waals surface area contributed by atoms with E-state index in [4.69, 9.17) is 11.5 Å². The second-order valence-electron chi connectivity index (χ2n) is 4.55. The molecule has 0 unspecified atom stereocenters. The summed E-state index contributed by atoms with van der Waals surface area (Å²) in [7, 11) is 0. The van der Waals surface area contributed by atoms with Gasteiger partial charge < -0.3 is 16.8 Å². The molecule has 1 aromatic carbocycles. The predicted molar refractivity (Wildman–Crippen MR) is 80.2 cm³/mol. The topological polar surface area (TPSA) is 136 Å². The van der Waals surface area contributed by atoms with Crippen LogP contribution in [0.3, 0.4) is 0 Å². The molecule has 6 N–H and O–H groups in total. The summed E-state index contributed by atoms with van der Waals surface area (Å²) >= 11 is 0. The first-order valence-corrected chi connectivity index (χ1v) is 6.19. The van der Waals surface area contributed by atoms with Crippen molar-refractivity contribution >= 4 is 34.4 Å². The number of fused-ring (bicyclic) bond motifs is 1. The first kappa shape index (κ1) is 12.9.